The van der Waals surface area contributed by atoms with Crippen LogP contribution in [0.4, 0.5) is 17.1 Å². The van der Waals surface area contributed by atoms with Gasteiger partial charge in [-0.1, -0.05) is 6.07 Å². The molecule has 0 atom stereocenters. The van der Waals surface area contributed by atoms with Gasteiger partial charge >= 0.3 is 11.8 Å². The lowest BCUT2D eigenvalue weighted by Gasteiger charge is -2.33. The first-order valence-corrected chi connectivity index (χ1v) is 9.43. The molecular formula is C20H23N5O4. The van der Waals surface area contributed by atoms with Crippen molar-refractivity contribution in [2.24, 2.45) is 5.92 Å². The van der Waals surface area contributed by atoms with Crippen LogP contribution in [0.1, 0.15) is 18.4 Å². The first kappa shape index (κ1) is 20.2. The monoisotopic (exact) mass is 397 g/mol. The Kier molecular flexibility index (Phi) is 6.38. The molecule has 1 aliphatic rings. The molecule has 2 amide bonds. The van der Waals surface area contributed by atoms with Crippen LogP contribution in [0.15, 0.2) is 42.7 Å². The molecule has 152 valence electrons. The van der Waals surface area contributed by atoms with E-state index in [9.17, 15) is 19.7 Å². The van der Waals surface area contributed by atoms with Crippen LogP contribution >= 0.6 is 0 Å². The molecule has 2 N–H and O–H groups in total. The number of pyridine rings is 1. The predicted octanol–water partition coefficient (Wildman–Crippen LogP) is 2.27. The van der Waals surface area contributed by atoms with Gasteiger partial charge in [-0.25, -0.2) is 0 Å². The fourth-order valence-corrected chi connectivity index (χ4v) is 3.33. The Balaban J connectivity index is 1.48. The second-order valence-electron chi connectivity index (χ2n) is 7.08. The van der Waals surface area contributed by atoms with E-state index in [4.69, 9.17) is 0 Å². The molecule has 9 heteroatoms. The van der Waals surface area contributed by atoms with Crippen LogP contribution in [0.25, 0.3) is 0 Å². The van der Waals surface area contributed by atoms with Crippen LogP contribution in [0.3, 0.4) is 0 Å². The number of carbonyl (C=O) groups excluding carboxylic acids is 2. The first-order valence-electron chi connectivity index (χ1n) is 9.43. The molecule has 1 aromatic carbocycles. The van der Waals surface area contributed by atoms with Gasteiger partial charge in [-0.2, -0.15) is 0 Å². The summed E-state index contributed by atoms with van der Waals surface area (Å²) in [6.45, 7) is 3.82. The van der Waals surface area contributed by atoms with E-state index in [1.807, 2.05) is 18.3 Å². The minimum Gasteiger partial charge on any atom is -0.370 e. The Bertz CT molecular complexity index is 895. The van der Waals surface area contributed by atoms with Crippen molar-refractivity contribution in [1.82, 2.24) is 10.3 Å². The van der Waals surface area contributed by atoms with Crippen LogP contribution in [0.5, 0.6) is 0 Å². The zero-order valence-corrected chi connectivity index (χ0v) is 16.1. The van der Waals surface area contributed by atoms with E-state index in [0.29, 0.717) is 12.1 Å². The van der Waals surface area contributed by atoms with Gasteiger partial charge in [0.15, 0.2) is 0 Å². The normalized spacial score (nSPS) is 14.3. The topological polar surface area (TPSA) is 117 Å². The lowest BCUT2D eigenvalue weighted by molar-refractivity contribution is -0.384. The SMILES string of the molecule is Cc1ccc(NC(=O)C(=O)NCC2CCN(c3cccnc3)CC2)c([N+](=O)[O-])c1. The third-order valence-electron chi connectivity index (χ3n) is 4.98. The Hall–Kier alpha value is -3.49. The van der Waals surface area contributed by atoms with Crippen molar-refractivity contribution in [3.8, 4) is 0 Å². The van der Waals surface area contributed by atoms with Crippen molar-refractivity contribution in [3.05, 3.63) is 58.4 Å². The highest BCUT2D eigenvalue weighted by Gasteiger charge is 2.23. The fourth-order valence-electron chi connectivity index (χ4n) is 3.33. The summed E-state index contributed by atoms with van der Waals surface area (Å²) in [5, 5.41) is 16.1. The highest BCUT2D eigenvalue weighted by Crippen LogP contribution is 2.25. The standard InChI is InChI=1S/C20H23N5O4/c1-14-4-5-17(18(11-14)25(28)29)23-20(27)19(26)22-12-15-6-9-24(10-7-15)16-3-2-8-21-13-16/h2-5,8,11,13,15H,6-7,9-10,12H2,1H3,(H,22,26)(H,23,27). The van der Waals surface area contributed by atoms with Crippen molar-refractivity contribution in [2.75, 3.05) is 29.9 Å². The van der Waals surface area contributed by atoms with Gasteiger partial charge in [-0.15, -0.1) is 0 Å². The quantitative estimate of drug-likeness (QED) is 0.454. The predicted molar refractivity (Wildman–Crippen MR) is 109 cm³/mol. The Morgan fingerprint density at radius 1 is 1.24 bits per heavy atom. The van der Waals surface area contributed by atoms with Crippen LogP contribution in [-0.4, -0.2) is 41.4 Å². The third-order valence-corrected chi connectivity index (χ3v) is 4.98. The van der Waals surface area contributed by atoms with E-state index in [2.05, 4.69) is 20.5 Å². The number of piperidine rings is 1. The van der Waals surface area contributed by atoms with Crippen molar-refractivity contribution in [1.29, 1.82) is 0 Å². The highest BCUT2D eigenvalue weighted by molar-refractivity contribution is 6.39. The molecule has 1 saturated heterocycles. The molecule has 3 rings (SSSR count). The van der Waals surface area contributed by atoms with E-state index in [1.54, 1.807) is 19.2 Å². The zero-order chi connectivity index (χ0) is 20.8. The number of nitrogens with one attached hydrogen (secondary N) is 2. The summed E-state index contributed by atoms with van der Waals surface area (Å²) in [6, 6.07) is 8.33. The first-order chi connectivity index (χ1) is 13.9. The summed E-state index contributed by atoms with van der Waals surface area (Å²) in [6.07, 6.45) is 5.35. The number of rotatable bonds is 5. The highest BCUT2D eigenvalue weighted by atomic mass is 16.6. The van der Waals surface area contributed by atoms with E-state index >= 15 is 0 Å². The molecule has 9 nitrogen and oxygen atoms in total. The minimum absolute atomic E-state index is 0.00512. The molecule has 1 aliphatic heterocycles. The molecule has 29 heavy (non-hydrogen) atoms. The number of carbonyl (C=O) groups is 2. The second-order valence-corrected chi connectivity index (χ2v) is 7.08. The maximum Gasteiger partial charge on any atom is 0.313 e. The number of aryl methyl sites for hydroxylation is 1. The van der Waals surface area contributed by atoms with Crippen molar-refractivity contribution in [2.45, 2.75) is 19.8 Å². The summed E-state index contributed by atoms with van der Waals surface area (Å²) >= 11 is 0. The zero-order valence-electron chi connectivity index (χ0n) is 16.1. The maximum atomic E-state index is 12.1. The van der Waals surface area contributed by atoms with Crippen LogP contribution in [-0.2, 0) is 9.59 Å². The Morgan fingerprint density at radius 2 is 2.00 bits per heavy atom. The van der Waals surface area contributed by atoms with Crippen molar-refractivity contribution in [3.63, 3.8) is 0 Å². The lowest BCUT2D eigenvalue weighted by atomic mass is 9.96. The number of benzene rings is 1. The van der Waals surface area contributed by atoms with Gasteiger partial charge < -0.3 is 15.5 Å². The molecule has 2 aromatic rings. The van der Waals surface area contributed by atoms with E-state index in [1.165, 1.54) is 12.1 Å². The van der Waals surface area contributed by atoms with Gasteiger partial charge in [0.05, 0.1) is 16.8 Å². The molecule has 0 radical (unpaired) electrons. The second kappa shape index (κ2) is 9.13. The molecule has 0 bridgehead atoms. The van der Waals surface area contributed by atoms with Crippen molar-refractivity contribution < 1.29 is 14.5 Å². The van der Waals surface area contributed by atoms with Gasteiger partial charge in [0.25, 0.3) is 5.69 Å². The summed E-state index contributed by atoms with van der Waals surface area (Å²) in [4.78, 5) is 41.2. The molecular weight excluding hydrogens is 374 g/mol. The molecule has 2 heterocycles. The number of aromatic nitrogens is 1. The van der Waals surface area contributed by atoms with Gasteiger partial charge in [0.2, 0.25) is 0 Å². The average molecular weight is 397 g/mol. The summed E-state index contributed by atoms with van der Waals surface area (Å²) in [7, 11) is 0. The number of hydrogen-bond donors (Lipinski definition) is 2. The summed E-state index contributed by atoms with van der Waals surface area (Å²) in [5.74, 6) is -1.44. The number of hydrogen-bond acceptors (Lipinski definition) is 6. The molecule has 0 saturated carbocycles. The maximum absolute atomic E-state index is 12.1. The fraction of sp³-hybridized carbons (Fsp3) is 0.350. The molecule has 1 fully saturated rings. The largest absolute Gasteiger partial charge is 0.370 e. The van der Waals surface area contributed by atoms with Gasteiger partial charge in [0, 0.05) is 31.9 Å². The Morgan fingerprint density at radius 3 is 2.66 bits per heavy atom. The molecule has 0 spiro atoms. The van der Waals surface area contributed by atoms with Gasteiger partial charge in [0.1, 0.15) is 5.69 Å². The summed E-state index contributed by atoms with van der Waals surface area (Å²) < 4.78 is 0. The smallest absolute Gasteiger partial charge is 0.313 e. The number of nitro groups is 1. The number of nitrogens with zero attached hydrogens (tertiary/aromatic N) is 3. The van der Waals surface area contributed by atoms with Crippen molar-refractivity contribution >= 4 is 28.9 Å². The molecule has 1 aromatic heterocycles. The van der Waals surface area contributed by atoms with Crippen LogP contribution in [0, 0.1) is 23.0 Å². The molecule has 0 aliphatic carbocycles. The number of anilines is 2. The number of nitro benzene ring substituents is 1. The lowest BCUT2D eigenvalue weighted by Crippen LogP contribution is -2.41. The average Bonchev–Trinajstić information content (AvgIpc) is 2.74. The van der Waals surface area contributed by atoms with E-state index < -0.39 is 16.7 Å². The van der Waals surface area contributed by atoms with E-state index in [-0.39, 0.29) is 17.3 Å². The van der Waals surface area contributed by atoms with Gasteiger partial charge in [-0.05, 0) is 49.4 Å². The van der Waals surface area contributed by atoms with E-state index in [0.717, 1.165) is 31.6 Å². The minimum atomic E-state index is -0.912. The third kappa shape index (κ3) is 5.28. The number of amides is 2. The van der Waals surface area contributed by atoms with Crippen LogP contribution in [0.2, 0.25) is 0 Å². The van der Waals surface area contributed by atoms with Gasteiger partial charge in [-0.3, -0.25) is 24.7 Å². The molecule has 0 unspecified atom stereocenters. The van der Waals surface area contributed by atoms with Crippen LogP contribution < -0.4 is 15.5 Å². The summed E-state index contributed by atoms with van der Waals surface area (Å²) in [5.41, 5.74) is 1.53. The Labute approximate surface area is 168 Å².